The molecule has 1 aromatic rings. The van der Waals surface area contributed by atoms with E-state index in [1.165, 1.54) is 50.6 Å². The second-order valence-corrected chi connectivity index (χ2v) is 7.26. The highest BCUT2D eigenvalue weighted by Crippen LogP contribution is 2.40. The summed E-state index contributed by atoms with van der Waals surface area (Å²) in [5.74, 6) is 0.715. The van der Waals surface area contributed by atoms with Crippen LogP contribution >= 0.6 is 11.6 Å². The van der Waals surface area contributed by atoms with Crippen molar-refractivity contribution in [2.75, 3.05) is 6.54 Å². The summed E-state index contributed by atoms with van der Waals surface area (Å²) in [6.45, 7) is 3.65. The van der Waals surface area contributed by atoms with Crippen molar-refractivity contribution in [1.29, 1.82) is 0 Å². The lowest BCUT2D eigenvalue weighted by Crippen LogP contribution is -2.44. The lowest BCUT2D eigenvalue weighted by atomic mass is 9.75. The molecule has 2 heteroatoms. The van der Waals surface area contributed by atoms with Crippen molar-refractivity contribution in [1.82, 2.24) is 5.32 Å². The SMILES string of the molecule is CC1(CNC2CC(c3cccc(Cl)c3)C2)CCCC1. The summed E-state index contributed by atoms with van der Waals surface area (Å²) in [6, 6.07) is 9.09. The van der Waals surface area contributed by atoms with E-state index in [4.69, 9.17) is 11.6 Å². The molecule has 104 valence electrons. The van der Waals surface area contributed by atoms with Crippen molar-refractivity contribution in [2.24, 2.45) is 5.41 Å². The van der Waals surface area contributed by atoms with Gasteiger partial charge in [0.05, 0.1) is 0 Å². The maximum atomic E-state index is 6.06. The molecule has 1 N–H and O–H groups in total. The van der Waals surface area contributed by atoms with Gasteiger partial charge in [-0.1, -0.05) is 43.5 Å². The van der Waals surface area contributed by atoms with Crippen LogP contribution in [-0.2, 0) is 0 Å². The Morgan fingerprint density at radius 1 is 1.26 bits per heavy atom. The molecule has 0 heterocycles. The third kappa shape index (κ3) is 3.14. The predicted octanol–water partition coefficient (Wildman–Crippen LogP) is 4.76. The second-order valence-electron chi connectivity index (χ2n) is 6.82. The number of benzene rings is 1. The first kappa shape index (κ1) is 13.5. The van der Waals surface area contributed by atoms with Gasteiger partial charge in [0.1, 0.15) is 0 Å². The van der Waals surface area contributed by atoms with E-state index in [1.807, 2.05) is 6.07 Å². The molecule has 3 rings (SSSR count). The van der Waals surface area contributed by atoms with E-state index in [0.29, 0.717) is 11.3 Å². The fraction of sp³-hybridized carbons (Fsp3) is 0.647. The van der Waals surface area contributed by atoms with Crippen molar-refractivity contribution in [3.8, 4) is 0 Å². The molecule has 0 atom stereocenters. The van der Waals surface area contributed by atoms with Gasteiger partial charge in [-0.3, -0.25) is 0 Å². The molecule has 0 aliphatic heterocycles. The Labute approximate surface area is 121 Å². The third-order valence-electron chi connectivity index (χ3n) is 5.09. The maximum absolute atomic E-state index is 6.06. The van der Waals surface area contributed by atoms with Gasteiger partial charge in [-0.25, -0.2) is 0 Å². The van der Waals surface area contributed by atoms with Gasteiger partial charge in [0, 0.05) is 17.6 Å². The molecule has 2 fully saturated rings. The molecule has 19 heavy (non-hydrogen) atoms. The minimum atomic E-state index is 0.571. The van der Waals surface area contributed by atoms with E-state index < -0.39 is 0 Å². The summed E-state index contributed by atoms with van der Waals surface area (Å²) in [6.07, 6.45) is 8.21. The van der Waals surface area contributed by atoms with Gasteiger partial charge in [0.25, 0.3) is 0 Å². The first-order valence-corrected chi connectivity index (χ1v) is 8.01. The summed E-state index contributed by atoms with van der Waals surface area (Å²) in [7, 11) is 0. The van der Waals surface area contributed by atoms with Gasteiger partial charge in [0.2, 0.25) is 0 Å². The minimum Gasteiger partial charge on any atom is -0.313 e. The largest absolute Gasteiger partial charge is 0.313 e. The van der Waals surface area contributed by atoms with E-state index in [0.717, 1.165) is 11.1 Å². The summed E-state index contributed by atoms with van der Waals surface area (Å²) < 4.78 is 0. The van der Waals surface area contributed by atoms with Crippen LogP contribution in [0.4, 0.5) is 0 Å². The molecule has 2 aliphatic carbocycles. The topological polar surface area (TPSA) is 12.0 Å². The fourth-order valence-corrected chi connectivity index (χ4v) is 3.81. The van der Waals surface area contributed by atoms with Crippen LogP contribution in [0.25, 0.3) is 0 Å². The minimum absolute atomic E-state index is 0.571. The second kappa shape index (κ2) is 5.46. The zero-order chi connectivity index (χ0) is 13.3. The van der Waals surface area contributed by atoms with Gasteiger partial charge in [-0.2, -0.15) is 0 Å². The molecule has 0 spiro atoms. The number of hydrogen-bond acceptors (Lipinski definition) is 1. The fourth-order valence-electron chi connectivity index (χ4n) is 3.61. The van der Waals surface area contributed by atoms with E-state index >= 15 is 0 Å². The van der Waals surface area contributed by atoms with Gasteiger partial charge < -0.3 is 5.32 Å². The van der Waals surface area contributed by atoms with E-state index in [-0.39, 0.29) is 0 Å². The molecule has 0 amide bonds. The zero-order valence-corrected chi connectivity index (χ0v) is 12.5. The molecule has 0 bridgehead atoms. The quantitative estimate of drug-likeness (QED) is 0.837. The molecule has 0 radical (unpaired) electrons. The van der Waals surface area contributed by atoms with Crippen molar-refractivity contribution in [2.45, 2.75) is 57.4 Å². The summed E-state index contributed by atoms with van der Waals surface area (Å²) >= 11 is 6.06. The van der Waals surface area contributed by atoms with Crippen LogP contribution in [-0.4, -0.2) is 12.6 Å². The Hall–Kier alpha value is -0.530. The molecule has 2 saturated carbocycles. The van der Waals surface area contributed by atoms with E-state index in [1.54, 1.807) is 0 Å². The first-order valence-electron chi connectivity index (χ1n) is 7.63. The van der Waals surface area contributed by atoms with Crippen LogP contribution in [0.5, 0.6) is 0 Å². The predicted molar refractivity (Wildman–Crippen MR) is 81.8 cm³/mol. The standard InChI is InChI=1S/C17H24ClN/c1-17(7-2-3-8-17)12-19-16-10-14(11-16)13-5-4-6-15(18)9-13/h4-6,9,14,16,19H,2-3,7-8,10-12H2,1H3. The average Bonchev–Trinajstić information content (AvgIpc) is 2.74. The number of halogens is 1. The molecule has 1 nitrogen and oxygen atoms in total. The van der Waals surface area contributed by atoms with Crippen molar-refractivity contribution in [3.05, 3.63) is 34.9 Å². The van der Waals surface area contributed by atoms with Crippen LogP contribution in [0, 0.1) is 5.41 Å². The summed E-state index contributed by atoms with van der Waals surface area (Å²) in [5.41, 5.74) is 1.99. The zero-order valence-electron chi connectivity index (χ0n) is 11.8. The Morgan fingerprint density at radius 2 is 2.00 bits per heavy atom. The molecular formula is C17H24ClN. The molecule has 1 aromatic carbocycles. The molecule has 0 aromatic heterocycles. The Balaban J connectivity index is 1.45. The highest BCUT2D eigenvalue weighted by atomic mass is 35.5. The highest BCUT2D eigenvalue weighted by molar-refractivity contribution is 6.30. The number of nitrogens with one attached hydrogen (secondary N) is 1. The van der Waals surface area contributed by atoms with Crippen LogP contribution in [0.2, 0.25) is 5.02 Å². The van der Waals surface area contributed by atoms with E-state index in [9.17, 15) is 0 Å². The van der Waals surface area contributed by atoms with Crippen molar-refractivity contribution < 1.29 is 0 Å². The lowest BCUT2D eigenvalue weighted by Gasteiger charge is -2.38. The van der Waals surface area contributed by atoms with Crippen LogP contribution in [0.1, 0.15) is 56.9 Å². The number of hydrogen-bond donors (Lipinski definition) is 1. The van der Waals surface area contributed by atoms with Crippen molar-refractivity contribution in [3.63, 3.8) is 0 Å². The number of rotatable bonds is 4. The smallest absolute Gasteiger partial charge is 0.0408 e. The summed E-state index contributed by atoms with van der Waals surface area (Å²) in [4.78, 5) is 0. The third-order valence-corrected chi connectivity index (χ3v) is 5.32. The Bertz CT molecular complexity index is 431. The molecular weight excluding hydrogens is 254 g/mol. The summed E-state index contributed by atoms with van der Waals surface area (Å²) in [5, 5.41) is 4.65. The van der Waals surface area contributed by atoms with Gasteiger partial charge in [-0.15, -0.1) is 0 Å². The molecule has 0 saturated heterocycles. The average molecular weight is 278 g/mol. The lowest BCUT2D eigenvalue weighted by molar-refractivity contribution is 0.234. The monoisotopic (exact) mass is 277 g/mol. The highest BCUT2D eigenvalue weighted by Gasteiger charge is 2.33. The van der Waals surface area contributed by atoms with Gasteiger partial charge >= 0.3 is 0 Å². The Morgan fingerprint density at radius 3 is 2.68 bits per heavy atom. The maximum Gasteiger partial charge on any atom is 0.0408 e. The van der Waals surface area contributed by atoms with Crippen LogP contribution in [0.15, 0.2) is 24.3 Å². The Kier molecular flexibility index (Phi) is 3.86. The molecule has 0 unspecified atom stereocenters. The normalized spacial score (nSPS) is 29.2. The van der Waals surface area contributed by atoms with Gasteiger partial charge in [0.15, 0.2) is 0 Å². The molecule has 2 aliphatic rings. The first-order chi connectivity index (χ1) is 9.15. The van der Waals surface area contributed by atoms with E-state index in [2.05, 4.69) is 30.4 Å². The van der Waals surface area contributed by atoms with Crippen molar-refractivity contribution >= 4 is 11.6 Å². The van der Waals surface area contributed by atoms with Gasteiger partial charge in [-0.05, 0) is 54.7 Å². The van der Waals surface area contributed by atoms with Crippen LogP contribution < -0.4 is 5.32 Å². The van der Waals surface area contributed by atoms with Crippen LogP contribution in [0.3, 0.4) is 0 Å².